The van der Waals surface area contributed by atoms with Crippen molar-refractivity contribution in [1.29, 1.82) is 0 Å². The third kappa shape index (κ3) is 3.31. The molecule has 0 saturated heterocycles. The van der Waals surface area contributed by atoms with Gasteiger partial charge in [0.15, 0.2) is 0 Å². The van der Waals surface area contributed by atoms with Gasteiger partial charge in [-0.1, -0.05) is 18.1 Å². The summed E-state index contributed by atoms with van der Waals surface area (Å²) in [4.78, 5) is 12.1. The fourth-order valence-electron chi connectivity index (χ4n) is 1.72. The van der Waals surface area contributed by atoms with E-state index in [2.05, 4.69) is 20.8 Å². The number of ether oxygens (including phenoxy) is 1. The number of nitrogens with one attached hydrogen (secondary N) is 1. The number of carbonyl (C=O) groups excluding carboxylic acids is 1. The minimum absolute atomic E-state index is 0.265. The van der Waals surface area contributed by atoms with E-state index in [0.717, 1.165) is 6.42 Å². The molecule has 0 fully saturated rings. The molecule has 0 aliphatic carbocycles. The second kappa shape index (κ2) is 6.65. The Morgan fingerprint density at radius 3 is 3.00 bits per heavy atom. The Morgan fingerprint density at radius 1 is 1.40 bits per heavy atom. The largest absolute Gasteiger partial charge is 0.494 e. The van der Waals surface area contributed by atoms with Gasteiger partial charge >= 0.3 is 0 Å². The minimum atomic E-state index is -0.265. The SMILES string of the molecule is CCCn1nnnc1NC(=O)c1cccc(OCC)c1. The number of carbonyl (C=O) groups is 1. The van der Waals surface area contributed by atoms with Crippen LogP contribution in [0.3, 0.4) is 0 Å². The molecule has 1 amide bonds. The van der Waals surface area contributed by atoms with Crippen LogP contribution in [0.1, 0.15) is 30.6 Å². The van der Waals surface area contributed by atoms with Crippen molar-refractivity contribution in [2.45, 2.75) is 26.8 Å². The molecule has 1 N–H and O–H groups in total. The fourth-order valence-corrected chi connectivity index (χ4v) is 1.72. The molecule has 0 spiro atoms. The van der Waals surface area contributed by atoms with E-state index in [1.54, 1.807) is 28.9 Å². The van der Waals surface area contributed by atoms with E-state index in [0.29, 0.717) is 30.4 Å². The van der Waals surface area contributed by atoms with Crippen LogP contribution >= 0.6 is 0 Å². The number of nitrogens with zero attached hydrogens (tertiary/aromatic N) is 4. The summed E-state index contributed by atoms with van der Waals surface area (Å²) in [6.45, 7) is 5.12. The van der Waals surface area contributed by atoms with E-state index in [1.807, 2.05) is 13.8 Å². The molecule has 0 unspecified atom stereocenters. The van der Waals surface area contributed by atoms with Crippen LogP contribution in [-0.2, 0) is 6.54 Å². The maximum absolute atomic E-state index is 12.1. The lowest BCUT2D eigenvalue weighted by Gasteiger charge is -2.07. The van der Waals surface area contributed by atoms with E-state index in [4.69, 9.17) is 4.74 Å². The summed E-state index contributed by atoms with van der Waals surface area (Å²) < 4.78 is 6.93. The molecule has 0 aliphatic rings. The van der Waals surface area contributed by atoms with Gasteiger partial charge in [-0.25, -0.2) is 4.68 Å². The highest BCUT2D eigenvalue weighted by molar-refractivity contribution is 6.03. The van der Waals surface area contributed by atoms with Gasteiger partial charge in [0.1, 0.15) is 5.75 Å². The van der Waals surface area contributed by atoms with Crippen LogP contribution in [0.25, 0.3) is 0 Å². The highest BCUT2D eigenvalue weighted by Crippen LogP contribution is 2.14. The third-order valence-corrected chi connectivity index (χ3v) is 2.60. The first-order valence-electron chi connectivity index (χ1n) is 6.55. The Bertz CT molecular complexity index is 582. The van der Waals surface area contributed by atoms with Gasteiger partial charge in [-0.2, -0.15) is 0 Å². The first kappa shape index (κ1) is 14.0. The Balaban J connectivity index is 2.11. The summed E-state index contributed by atoms with van der Waals surface area (Å²) in [5.74, 6) is 0.741. The van der Waals surface area contributed by atoms with Crippen LogP contribution in [0.15, 0.2) is 24.3 Å². The maximum Gasteiger partial charge on any atom is 0.258 e. The predicted molar refractivity (Wildman–Crippen MR) is 73.7 cm³/mol. The van der Waals surface area contributed by atoms with Crippen molar-refractivity contribution in [3.05, 3.63) is 29.8 Å². The van der Waals surface area contributed by atoms with E-state index in [9.17, 15) is 4.79 Å². The Hall–Kier alpha value is -2.44. The fraction of sp³-hybridized carbons (Fsp3) is 0.385. The van der Waals surface area contributed by atoms with Crippen LogP contribution in [0.4, 0.5) is 5.95 Å². The molecule has 7 nitrogen and oxygen atoms in total. The number of aromatic nitrogens is 4. The monoisotopic (exact) mass is 275 g/mol. The maximum atomic E-state index is 12.1. The van der Waals surface area contributed by atoms with Crippen LogP contribution in [0, 0.1) is 0 Å². The molecule has 0 bridgehead atoms. The number of hydrogen-bond donors (Lipinski definition) is 1. The molecule has 0 atom stereocenters. The number of tetrazole rings is 1. The van der Waals surface area contributed by atoms with Gasteiger partial charge in [0.05, 0.1) is 6.61 Å². The Kier molecular flexibility index (Phi) is 4.65. The molecule has 1 aromatic heterocycles. The summed E-state index contributed by atoms with van der Waals surface area (Å²) in [6, 6.07) is 6.98. The summed E-state index contributed by atoms with van der Waals surface area (Å²) >= 11 is 0. The van der Waals surface area contributed by atoms with Crippen molar-refractivity contribution in [1.82, 2.24) is 20.2 Å². The number of amides is 1. The van der Waals surface area contributed by atoms with Crippen LogP contribution in [0.5, 0.6) is 5.75 Å². The van der Waals surface area contributed by atoms with Crippen molar-refractivity contribution < 1.29 is 9.53 Å². The van der Waals surface area contributed by atoms with Gasteiger partial charge < -0.3 is 4.74 Å². The lowest BCUT2D eigenvalue weighted by atomic mass is 10.2. The van der Waals surface area contributed by atoms with Crippen LogP contribution in [0.2, 0.25) is 0 Å². The molecule has 20 heavy (non-hydrogen) atoms. The molecule has 7 heteroatoms. The van der Waals surface area contributed by atoms with Crippen molar-refractivity contribution in [2.75, 3.05) is 11.9 Å². The van der Waals surface area contributed by atoms with Crippen molar-refractivity contribution in [3.8, 4) is 5.75 Å². The highest BCUT2D eigenvalue weighted by atomic mass is 16.5. The standard InChI is InChI=1S/C13H17N5O2/c1-3-8-18-13(15-16-17-18)14-12(19)10-6-5-7-11(9-10)20-4-2/h5-7,9H,3-4,8H2,1-2H3,(H,14,15,17,19). The van der Waals surface area contributed by atoms with Gasteiger partial charge in [0, 0.05) is 12.1 Å². The van der Waals surface area contributed by atoms with E-state index in [-0.39, 0.29) is 5.91 Å². The zero-order chi connectivity index (χ0) is 14.4. The van der Waals surface area contributed by atoms with Gasteiger partial charge in [0.25, 0.3) is 5.91 Å². The van der Waals surface area contributed by atoms with Gasteiger partial charge in [-0.15, -0.1) is 0 Å². The van der Waals surface area contributed by atoms with Gasteiger partial charge in [0.2, 0.25) is 5.95 Å². The molecule has 106 valence electrons. The normalized spacial score (nSPS) is 10.3. The quantitative estimate of drug-likeness (QED) is 0.868. The summed E-state index contributed by atoms with van der Waals surface area (Å²) in [6.07, 6.45) is 0.883. The molecule has 1 aromatic carbocycles. The Morgan fingerprint density at radius 2 is 2.25 bits per heavy atom. The second-order valence-corrected chi connectivity index (χ2v) is 4.14. The van der Waals surface area contributed by atoms with Crippen molar-refractivity contribution >= 4 is 11.9 Å². The molecular formula is C13H17N5O2. The summed E-state index contributed by atoms with van der Waals surface area (Å²) in [5, 5.41) is 13.9. The summed E-state index contributed by atoms with van der Waals surface area (Å²) in [5.41, 5.74) is 0.502. The van der Waals surface area contributed by atoms with E-state index in [1.165, 1.54) is 0 Å². The average Bonchev–Trinajstić information content (AvgIpc) is 2.87. The molecule has 1 heterocycles. The third-order valence-electron chi connectivity index (χ3n) is 2.60. The first-order valence-corrected chi connectivity index (χ1v) is 6.55. The van der Waals surface area contributed by atoms with Crippen LogP contribution < -0.4 is 10.1 Å². The van der Waals surface area contributed by atoms with E-state index < -0.39 is 0 Å². The van der Waals surface area contributed by atoms with Gasteiger partial charge in [-0.05, 0) is 42.0 Å². The lowest BCUT2D eigenvalue weighted by molar-refractivity contribution is 0.102. The molecule has 0 radical (unpaired) electrons. The first-order chi connectivity index (χ1) is 9.74. The molecule has 0 aliphatic heterocycles. The van der Waals surface area contributed by atoms with Crippen molar-refractivity contribution in [2.24, 2.45) is 0 Å². The Labute approximate surface area is 116 Å². The molecular weight excluding hydrogens is 258 g/mol. The predicted octanol–water partition coefficient (Wildman–Crippen LogP) is 1.73. The average molecular weight is 275 g/mol. The topological polar surface area (TPSA) is 81.9 Å². The van der Waals surface area contributed by atoms with Crippen LogP contribution in [-0.4, -0.2) is 32.7 Å². The highest BCUT2D eigenvalue weighted by Gasteiger charge is 2.12. The van der Waals surface area contributed by atoms with Gasteiger partial charge in [-0.3, -0.25) is 10.1 Å². The lowest BCUT2D eigenvalue weighted by Crippen LogP contribution is -2.16. The molecule has 2 rings (SSSR count). The summed E-state index contributed by atoms with van der Waals surface area (Å²) in [7, 11) is 0. The number of hydrogen-bond acceptors (Lipinski definition) is 5. The molecule has 2 aromatic rings. The van der Waals surface area contributed by atoms with Crippen molar-refractivity contribution in [3.63, 3.8) is 0 Å². The number of rotatable bonds is 6. The zero-order valence-electron chi connectivity index (χ0n) is 11.5. The number of benzene rings is 1. The minimum Gasteiger partial charge on any atom is -0.494 e. The van der Waals surface area contributed by atoms with E-state index >= 15 is 0 Å². The number of anilines is 1. The zero-order valence-corrected chi connectivity index (χ0v) is 11.5. The second-order valence-electron chi connectivity index (χ2n) is 4.14. The molecule has 0 saturated carbocycles. The number of aryl methyl sites for hydroxylation is 1. The smallest absolute Gasteiger partial charge is 0.258 e.